The van der Waals surface area contributed by atoms with Crippen molar-refractivity contribution >= 4 is 17.4 Å². The van der Waals surface area contributed by atoms with E-state index in [1.807, 2.05) is 12.1 Å². The number of ketones is 1. The first-order chi connectivity index (χ1) is 16.6. The topological polar surface area (TPSA) is 105 Å². The van der Waals surface area contributed by atoms with Gasteiger partial charge in [-0.15, -0.1) is 0 Å². The Morgan fingerprint density at radius 3 is 2.26 bits per heavy atom. The molecular weight excluding hydrogens is 463 g/mol. The average molecular weight is 489 g/mol. The summed E-state index contributed by atoms with van der Waals surface area (Å²) in [6, 6.07) is 13.8. The van der Waals surface area contributed by atoms with Crippen molar-refractivity contribution in [2.75, 3.05) is 5.32 Å². The molecule has 1 unspecified atom stereocenters. The number of nitrogens with one attached hydrogen (secondary N) is 1. The van der Waals surface area contributed by atoms with E-state index in [0.717, 1.165) is 17.7 Å². The standard InChI is InChI=1S/C25H26F3N3O4/c1-3-15(2)22(29-19-13-11-16(12-14-19)20(32)5-4-6-21(33)34)17-7-9-18(10-8-17)23-30-24(35-31-23)25(26,27)28/h7-15,22,29H,3-6H2,1-2H3,(H,33,34)/t15?,22-/m0/s1. The van der Waals surface area contributed by atoms with Crippen molar-refractivity contribution in [1.82, 2.24) is 10.1 Å². The molecule has 0 aliphatic rings. The molecule has 3 rings (SSSR count). The number of rotatable bonds is 11. The summed E-state index contributed by atoms with van der Waals surface area (Å²) in [6.07, 6.45) is -3.40. The van der Waals surface area contributed by atoms with Gasteiger partial charge in [-0.3, -0.25) is 9.59 Å². The fraction of sp³-hybridized carbons (Fsp3) is 0.360. The minimum atomic E-state index is -4.70. The number of nitrogens with zero attached hydrogens (tertiary/aromatic N) is 2. The van der Waals surface area contributed by atoms with Crippen LogP contribution in [0.15, 0.2) is 53.1 Å². The zero-order valence-corrected chi connectivity index (χ0v) is 19.3. The van der Waals surface area contributed by atoms with Gasteiger partial charge < -0.3 is 14.9 Å². The lowest BCUT2D eigenvalue weighted by Crippen LogP contribution is -2.18. The fourth-order valence-corrected chi connectivity index (χ4v) is 3.56. The van der Waals surface area contributed by atoms with E-state index in [1.165, 1.54) is 0 Å². The lowest BCUT2D eigenvalue weighted by atomic mass is 9.91. The van der Waals surface area contributed by atoms with Gasteiger partial charge in [-0.25, -0.2) is 0 Å². The quantitative estimate of drug-likeness (QED) is 0.301. The number of alkyl halides is 3. The molecule has 0 aliphatic heterocycles. The molecular formula is C25H26F3N3O4. The van der Waals surface area contributed by atoms with Gasteiger partial charge in [-0.05, 0) is 42.2 Å². The van der Waals surface area contributed by atoms with Gasteiger partial charge in [0.1, 0.15) is 0 Å². The zero-order chi connectivity index (χ0) is 25.6. The first-order valence-corrected chi connectivity index (χ1v) is 11.2. The van der Waals surface area contributed by atoms with Gasteiger partial charge in [0.25, 0.3) is 0 Å². The molecule has 2 atom stereocenters. The summed E-state index contributed by atoms with van der Waals surface area (Å²) in [5, 5.41) is 15.6. The van der Waals surface area contributed by atoms with E-state index in [1.54, 1.807) is 36.4 Å². The molecule has 10 heteroatoms. The first kappa shape index (κ1) is 25.9. The highest BCUT2D eigenvalue weighted by atomic mass is 19.4. The lowest BCUT2D eigenvalue weighted by molar-refractivity contribution is -0.159. The van der Waals surface area contributed by atoms with E-state index in [2.05, 4.69) is 33.8 Å². The summed E-state index contributed by atoms with van der Waals surface area (Å²) in [7, 11) is 0. The summed E-state index contributed by atoms with van der Waals surface area (Å²) < 4.78 is 42.5. The highest BCUT2D eigenvalue weighted by Crippen LogP contribution is 2.32. The van der Waals surface area contributed by atoms with E-state index in [-0.39, 0.29) is 36.4 Å². The molecule has 186 valence electrons. The van der Waals surface area contributed by atoms with Crippen LogP contribution in [0.1, 0.15) is 67.4 Å². The van der Waals surface area contributed by atoms with Gasteiger partial charge >= 0.3 is 18.0 Å². The second-order valence-electron chi connectivity index (χ2n) is 8.30. The van der Waals surface area contributed by atoms with E-state index in [9.17, 15) is 22.8 Å². The first-order valence-electron chi connectivity index (χ1n) is 11.2. The molecule has 1 heterocycles. The van der Waals surface area contributed by atoms with Crippen LogP contribution in [0.3, 0.4) is 0 Å². The van der Waals surface area contributed by atoms with Crippen LogP contribution in [0.25, 0.3) is 11.4 Å². The van der Waals surface area contributed by atoms with Crippen molar-refractivity contribution in [2.45, 2.75) is 51.7 Å². The third kappa shape index (κ3) is 6.91. The smallest absolute Gasteiger partial charge is 0.471 e. The Kier molecular flexibility index (Phi) is 8.26. The largest absolute Gasteiger partial charge is 0.481 e. The number of halogens is 3. The molecule has 0 saturated heterocycles. The molecule has 35 heavy (non-hydrogen) atoms. The summed E-state index contributed by atoms with van der Waals surface area (Å²) in [5.74, 6) is -2.34. The third-order valence-corrected chi connectivity index (χ3v) is 5.73. The summed E-state index contributed by atoms with van der Waals surface area (Å²) in [4.78, 5) is 26.3. The van der Waals surface area contributed by atoms with Crippen LogP contribution >= 0.6 is 0 Å². The average Bonchev–Trinajstić information content (AvgIpc) is 3.33. The molecule has 0 aliphatic carbocycles. The number of carbonyl (C=O) groups is 2. The van der Waals surface area contributed by atoms with Crippen molar-refractivity contribution in [3.63, 3.8) is 0 Å². The SMILES string of the molecule is CCC(C)[C@H](Nc1ccc(C(=O)CCCC(=O)O)cc1)c1ccc(-c2noc(C(F)(F)F)n2)cc1. The number of aromatic nitrogens is 2. The Labute approximate surface area is 200 Å². The number of benzene rings is 2. The predicted octanol–water partition coefficient (Wildman–Crippen LogP) is 6.39. The summed E-state index contributed by atoms with van der Waals surface area (Å²) in [6.45, 7) is 4.14. The normalized spacial score (nSPS) is 13.3. The van der Waals surface area contributed by atoms with Crippen molar-refractivity contribution in [3.05, 3.63) is 65.5 Å². The van der Waals surface area contributed by atoms with E-state index < -0.39 is 18.0 Å². The Morgan fingerprint density at radius 2 is 1.71 bits per heavy atom. The molecule has 1 aromatic heterocycles. The van der Waals surface area contributed by atoms with Crippen molar-refractivity contribution in [2.24, 2.45) is 5.92 Å². The van der Waals surface area contributed by atoms with Crippen LogP contribution in [0, 0.1) is 5.92 Å². The number of aliphatic carboxylic acids is 1. The van der Waals surface area contributed by atoms with Gasteiger partial charge in [0.05, 0.1) is 6.04 Å². The maximum absolute atomic E-state index is 12.7. The second kappa shape index (κ2) is 11.2. The molecule has 0 spiro atoms. The highest BCUT2D eigenvalue weighted by Gasteiger charge is 2.38. The monoisotopic (exact) mass is 489 g/mol. The number of hydrogen-bond donors (Lipinski definition) is 2. The molecule has 0 fully saturated rings. The molecule has 2 aromatic carbocycles. The second-order valence-corrected chi connectivity index (χ2v) is 8.30. The van der Waals surface area contributed by atoms with E-state index in [0.29, 0.717) is 17.5 Å². The van der Waals surface area contributed by atoms with Crippen LogP contribution in [0.2, 0.25) is 0 Å². The number of carboxylic acids is 1. The minimum absolute atomic E-state index is 0.0447. The molecule has 0 amide bonds. The Bertz CT molecular complexity index is 1140. The van der Waals surface area contributed by atoms with Gasteiger partial charge in [0.15, 0.2) is 5.78 Å². The van der Waals surface area contributed by atoms with Gasteiger partial charge in [0, 0.05) is 29.7 Å². The Balaban J connectivity index is 1.72. The maximum Gasteiger partial charge on any atom is 0.471 e. The zero-order valence-electron chi connectivity index (χ0n) is 19.3. The summed E-state index contributed by atoms with van der Waals surface area (Å²) in [5.41, 5.74) is 2.65. The number of carbonyl (C=O) groups excluding carboxylic acids is 1. The van der Waals surface area contributed by atoms with E-state index in [4.69, 9.17) is 5.11 Å². The molecule has 0 radical (unpaired) electrons. The number of Topliss-reactive ketones (excluding diaryl/α,β-unsaturated/α-hetero) is 1. The molecule has 0 saturated carbocycles. The van der Waals surface area contributed by atoms with Crippen LogP contribution in [0.5, 0.6) is 0 Å². The molecule has 0 bridgehead atoms. The van der Waals surface area contributed by atoms with Crippen LogP contribution in [0.4, 0.5) is 18.9 Å². The number of anilines is 1. The van der Waals surface area contributed by atoms with Crippen LogP contribution in [-0.4, -0.2) is 27.0 Å². The van der Waals surface area contributed by atoms with Crippen LogP contribution < -0.4 is 5.32 Å². The Morgan fingerprint density at radius 1 is 1.06 bits per heavy atom. The van der Waals surface area contributed by atoms with E-state index >= 15 is 0 Å². The molecule has 3 aromatic rings. The minimum Gasteiger partial charge on any atom is -0.481 e. The lowest BCUT2D eigenvalue weighted by Gasteiger charge is -2.26. The fourth-order valence-electron chi connectivity index (χ4n) is 3.56. The molecule has 2 N–H and O–H groups in total. The highest BCUT2D eigenvalue weighted by molar-refractivity contribution is 5.96. The van der Waals surface area contributed by atoms with Crippen LogP contribution in [-0.2, 0) is 11.0 Å². The third-order valence-electron chi connectivity index (χ3n) is 5.73. The van der Waals surface area contributed by atoms with Crippen molar-refractivity contribution in [3.8, 4) is 11.4 Å². The van der Waals surface area contributed by atoms with Crippen molar-refractivity contribution in [1.29, 1.82) is 0 Å². The predicted molar refractivity (Wildman–Crippen MR) is 123 cm³/mol. The maximum atomic E-state index is 12.7. The van der Waals surface area contributed by atoms with Gasteiger partial charge in [0.2, 0.25) is 5.82 Å². The Hall–Kier alpha value is -3.69. The number of carboxylic acid groups (broad SMARTS) is 1. The van der Waals surface area contributed by atoms with Crippen molar-refractivity contribution < 1.29 is 32.4 Å². The number of hydrogen-bond acceptors (Lipinski definition) is 6. The van der Waals surface area contributed by atoms with Gasteiger partial charge in [-0.2, -0.15) is 18.2 Å². The van der Waals surface area contributed by atoms with Gasteiger partial charge in [-0.1, -0.05) is 49.7 Å². The summed E-state index contributed by atoms with van der Waals surface area (Å²) >= 11 is 0. The molecule has 7 nitrogen and oxygen atoms in total.